The highest BCUT2D eigenvalue weighted by molar-refractivity contribution is 7.17. The van der Waals surface area contributed by atoms with Crippen LogP contribution in [0.1, 0.15) is 11.1 Å². The third kappa shape index (κ3) is 3.18. The molecule has 0 saturated heterocycles. The van der Waals surface area contributed by atoms with Gasteiger partial charge in [0.15, 0.2) is 5.70 Å². The molecule has 120 valence electrons. The van der Waals surface area contributed by atoms with Crippen LogP contribution in [-0.4, -0.2) is 0 Å². The summed E-state index contributed by atoms with van der Waals surface area (Å²) in [5.41, 5.74) is 10.5. The summed E-state index contributed by atoms with van der Waals surface area (Å²) in [6, 6.07) is 17.5. The maximum atomic E-state index is 9.00. The number of hydrogen-bond acceptors (Lipinski definition) is 6. The summed E-state index contributed by atoms with van der Waals surface area (Å²) in [7, 11) is 0. The van der Waals surface area contributed by atoms with Gasteiger partial charge in [0, 0.05) is 15.8 Å². The van der Waals surface area contributed by atoms with Crippen LogP contribution in [0.2, 0.25) is 0 Å². The van der Waals surface area contributed by atoms with Crippen LogP contribution in [0.25, 0.3) is 15.8 Å². The number of fused-ring (bicyclic) bond motifs is 1. The van der Waals surface area contributed by atoms with E-state index in [0.29, 0.717) is 17.9 Å². The number of rotatable bonds is 5. The van der Waals surface area contributed by atoms with E-state index in [-0.39, 0.29) is 11.4 Å². The first-order valence-corrected chi connectivity index (χ1v) is 8.15. The topological polar surface area (TPSA) is 97.1 Å². The van der Waals surface area contributed by atoms with Crippen LogP contribution >= 0.6 is 11.3 Å². The molecule has 5 nitrogen and oxygen atoms in total. The van der Waals surface area contributed by atoms with Crippen molar-refractivity contribution in [2.75, 3.05) is 0 Å². The van der Waals surface area contributed by atoms with E-state index in [0.717, 1.165) is 5.56 Å². The fourth-order valence-electron chi connectivity index (χ4n) is 2.40. The van der Waals surface area contributed by atoms with Gasteiger partial charge in [0.2, 0.25) is 0 Å². The molecule has 5 N–H and O–H groups in total. The molecule has 0 atom stereocenters. The van der Waals surface area contributed by atoms with Crippen LogP contribution in [0.4, 0.5) is 0 Å². The minimum absolute atomic E-state index is 0.121. The highest BCUT2D eigenvalue weighted by Crippen LogP contribution is 2.26. The molecule has 0 aliphatic heterocycles. The van der Waals surface area contributed by atoms with Crippen LogP contribution in [0.3, 0.4) is 0 Å². The first kappa shape index (κ1) is 15.9. The molecule has 1 aromatic heterocycles. The summed E-state index contributed by atoms with van der Waals surface area (Å²) in [4.78, 5) is 0. The van der Waals surface area contributed by atoms with Gasteiger partial charge in [0.05, 0.1) is 5.70 Å². The van der Waals surface area contributed by atoms with Crippen molar-refractivity contribution in [3.05, 3.63) is 70.7 Å². The lowest BCUT2D eigenvalue weighted by Crippen LogP contribution is -2.23. The van der Waals surface area contributed by atoms with Gasteiger partial charge in [0.1, 0.15) is 18.4 Å². The first-order chi connectivity index (χ1) is 11.7. The number of hydrogen-bond donors (Lipinski definition) is 3. The van der Waals surface area contributed by atoms with E-state index in [9.17, 15) is 0 Å². The third-order valence-corrected chi connectivity index (χ3v) is 4.63. The second kappa shape index (κ2) is 7.04. The van der Waals surface area contributed by atoms with E-state index in [1.54, 1.807) is 23.5 Å². The van der Waals surface area contributed by atoms with Crippen LogP contribution in [0, 0.1) is 11.3 Å². The summed E-state index contributed by atoms with van der Waals surface area (Å²) in [5, 5.41) is 12.3. The highest BCUT2D eigenvalue weighted by atomic mass is 32.1. The monoisotopic (exact) mass is 336 g/mol. The molecule has 24 heavy (non-hydrogen) atoms. The van der Waals surface area contributed by atoms with Crippen LogP contribution in [0.15, 0.2) is 59.6 Å². The second-order valence-corrected chi connectivity index (χ2v) is 6.03. The summed E-state index contributed by atoms with van der Waals surface area (Å²) in [6.07, 6.45) is 0. The Morgan fingerprint density at radius 1 is 1.21 bits per heavy atom. The summed E-state index contributed by atoms with van der Waals surface area (Å²) in [5.74, 6) is 5.98. The van der Waals surface area contributed by atoms with Crippen molar-refractivity contribution >= 4 is 27.1 Å². The zero-order valence-corrected chi connectivity index (χ0v) is 13.6. The molecule has 1 heterocycles. The first-order valence-electron chi connectivity index (χ1n) is 7.27. The minimum atomic E-state index is 0.121. The van der Waals surface area contributed by atoms with E-state index in [1.165, 1.54) is 10.1 Å². The molecule has 0 fully saturated rings. The van der Waals surface area contributed by atoms with Gasteiger partial charge >= 0.3 is 0 Å². The zero-order chi connectivity index (χ0) is 16.9. The summed E-state index contributed by atoms with van der Waals surface area (Å²) >= 11 is 1.70. The molecule has 0 unspecified atom stereocenters. The lowest BCUT2D eigenvalue weighted by molar-refractivity contribution is 0.308. The molecule has 0 radical (unpaired) electrons. The average molecular weight is 336 g/mol. The molecule has 0 spiro atoms. The maximum absolute atomic E-state index is 9.00. The number of thiophene rings is 1. The van der Waals surface area contributed by atoms with Gasteiger partial charge in [-0.05, 0) is 29.0 Å². The largest absolute Gasteiger partial charge is 0.489 e. The lowest BCUT2D eigenvalue weighted by Gasteiger charge is -2.10. The molecule has 0 saturated carbocycles. The zero-order valence-electron chi connectivity index (χ0n) is 12.8. The van der Waals surface area contributed by atoms with Gasteiger partial charge in [-0.3, -0.25) is 0 Å². The number of benzene rings is 2. The number of nitrogens with one attached hydrogen (secondary N) is 1. The Balaban J connectivity index is 1.82. The Labute approximate surface area is 143 Å². The normalized spacial score (nSPS) is 11.7. The number of nitriles is 1. The Morgan fingerprint density at radius 3 is 2.83 bits per heavy atom. The molecule has 2 aromatic carbocycles. The van der Waals surface area contributed by atoms with Crippen molar-refractivity contribution in [3.63, 3.8) is 0 Å². The van der Waals surface area contributed by atoms with Crippen molar-refractivity contribution < 1.29 is 4.74 Å². The Morgan fingerprint density at radius 2 is 2.04 bits per heavy atom. The van der Waals surface area contributed by atoms with E-state index < -0.39 is 0 Å². The minimum Gasteiger partial charge on any atom is -0.489 e. The summed E-state index contributed by atoms with van der Waals surface area (Å²) < 4.78 is 7.13. The maximum Gasteiger partial charge on any atom is 0.151 e. The van der Waals surface area contributed by atoms with Crippen LogP contribution in [-0.2, 0) is 6.61 Å². The van der Waals surface area contributed by atoms with Gasteiger partial charge in [-0.1, -0.05) is 30.3 Å². The van der Waals surface area contributed by atoms with Gasteiger partial charge in [-0.15, -0.1) is 11.3 Å². The Bertz CT molecular complexity index is 939. The fraction of sp³-hybridized carbons (Fsp3) is 0.0556. The van der Waals surface area contributed by atoms with Crippen molar-refractivity contribution in [2.24, 2.45) is 11.6 Å². The average Bonchev–Trinajstić information content (AvgIpc) is 3.10. The molecular formula is C18H16N4OS. The van der Waals surface area contributed by atoms with Crippen molar-refractivity contribution in [3.8, 4) is 11.8 Å². The number of nitrogens with zero attached hydrogens (tertiary/aromatic N) is 1. The van der Waals surface area contributed by atoms with Gasteiger partial charge in [-0.25, -0.2) is 5.84 Å². The third-order valence-electron chi connectivity index (χ3n) is 3.63. The number of nitrogens with two attached hydrogens (primary N) is 2. The molecule has 3 aromatic rings. The van der Waals surface area contributed by atoms with Gasteiger partial charge < -0.3 is 15.9 Å². The predicted molar refractivity (Wildman–Crippen MR) is 96.6 cm³/mol. The SMILES string of the molecule is N#C/C(NN)=C(/N)c1cccc(OCc2cccc3ccsc23)c1. The molecule has 0 amide bonds. The second-order valence-electron chi connectivity index (χ2n) is 5.12. The summed E-state index contributed by atoms with van der Waals surface area (Å²) in [6.45, 7) is 0.463. The standard InChI is InChI=1S/C18H16N4OS/c19-10-16(22-21)17(20)13-4-2-6-15(9-13)23-11-14-5-1-3-12-7-8-24-18(12)14/h1-9,22H,11,20-21H2/b17-16-. The molecule has 0 aliphatic rings. The van der Waals surface area contributed by atoms with E-state index in [2.05, 4.69) is 29.0 Å². The quantitative estimate of drug-likeness (QED) is 0.378. The van der Waals surface area contributed by atoms with Gasteiger partial charge in [0.25, 0.3) is 0 Å². The van der Waals surface area contributed by atoms with Crippen molar-refractivity contribution in [1.29, 1.82) is 5.26 Å². The van der Waals surface area contributed by atoms with E-state index in [4.69, 9.17) is 21.6 Å². The van der Waals surface area contributed by atoms with E-state index in [1.807, 2.05) is 24.3 Å². The van der Waals surface area contributed by atoms with Crippen LogP contribution < -0.4 is 21.7 Å². The number of hydrazine groups is 1. The Hall–Kier alpha value is -3.01. The molecule has 6 heteroatoms. The van der Waals surface area contributed by atoms with Gasteiger partial charge in [-0.2, -0.15) is 5.26 Å². The van der Waals surface area contributed by atoms with E-state index >= 15 is 0 Å². The molecule has 0 aliphatic carbocycles. The molecular weight excluding hydrogens is 320 g/mol. The van der Waals surface area contributed by atoms with Crippen molar-refractivity contribution in [2.45, 2.75) is 6.61 Å². The highest BCUT2D eigenvalue weighted by Gasteiger charge is 2.07. The number of ether oxygens (including phenoxy) is 1. The Kier molecular flexibility index (Phi) is 4.66. The molecule has 0 bridgehead atoms. The van der Waals surface area contributed by atoms with Crippen molar-refractivity contribution in [1.82, 2.24) is 5.43 Å². The smallest absolute Gasteiger partial charge is 0.151 e. The van der Waals surface area contributed by atoms with Crippen LogP contribution in [0.5, 0.6) is 5.75 Å². The molecule has 3 rings (SSSR count). The fourth-order valence-corrected chi connectivity index (χ4v) is 3.30. The number of allylic oxidation sites excluding steroid dienone is 1. The lowest BCUT2D eigenvalue weighted by atomic mass is 10.1. The predicted octanol–water partition coefficient (Wildman–Crippen LogP) is 3.09.